The maximum atomic E-state index is 13.5. The Kier molecular flexibility index (Phi) is 6.75. The second-order valence-corrected chi connectivity index (χ2v) is 8.94. The highest BCUT2D eigenvalue weighted by molar-refractivity contribution is 5.95. The van der Waals surface area contributed by atoms with Crippen LogP contribution in [0.25, 0.3) is 0 Å². The molecule has 36 heavy (non-hydrogen) atoms. The van der Waals surface area contributed by atoms with Gasteiger partial charge in [-0.05, 0) is 54.6 Å². The van der Waals surface area contributed by atoms with E-state index in [2.05, 4.69) is 15.5 Å². The zero-order chi connectivity index (χ0) is 25.1. The van der Waals surface area contributed by atoms with Gasteiger partial charge in [-0.25, -0.2) is 8.78 Å². The Morgan fingerprint density at radius 2 is 1.72 bits per heavy atom. The van der Waals surface area contributed by atoms with E-state index in [1.54, 1.807) is 35.4 Å². The number of ether oxygens (including phenoxy) is 1. The molecule has 2 aliphatic rings. The van der Waals surface area contributed by atoms with Crippen molar-refractivity contribution in [2.45, 2.75) is 18.9 Å². The molecule has 0 atom stereocenters. The van der Waals surface area contributed by atoms with E-state index in [4.69, 9.17) is 4.74 Å². The topological polar surface area (TPSA) is 87.7 Å². The third-order valence-electron chi connectivity index (χ3n) is 6.45. The maximum Gasteiger partial charge on any atom is 0.253 e. The van der Waals surface area contributed by atoms with E-state index in [-0.39, 0.29) is 29.4 Å². The quantitative estimate of drug-likeness (QED) is 0.566. The summed E-state index contributed by atoms with van der Waals surface area (Å²) in [6, 6.07) is 14.1. The molecule has 0 bridgehead atoms. The fourth-order valence-electron chi connectivity index (χ4n) is 4.34. The lowest BCUT2D eigenvalue weighted by Gasteiger charge is -2.38. The lowest BCUT2D eigenvalue weighted by atomic mass is 9.99. The first kappa shape index (κ1) is 23.7. The third-order valence-corrected chi connectivity index (χ3v) is 6.45. The molecule has 2 amide bonds. The second kappa shape index (κ2) is 10.3. The van der Waals surface area contributed by atoms with E-state index in [1.807, 2.05) is 17.0 Å². The van der Waals surface area contributed by atoms with Gasteiger partial charge in [-0.1, -0.05) is 0 Å². The summed E-state index contributed by atoms with van der Waals surface area (Å²) in [5, 5.41) is 10.8. The molecule has 3 heterocycles. The first-order valence-electron chi connectivity index (χ1n) is 11.8. The number of nitrogens with zero attached hydrogens (tertiary/aromatic N) is 4. The van der Waals surface area contributed by atoms with E-state index in [0.29, 0.717) is 50.5 Å². The largest absolute Gasteiger partial charge is 0.490 e. The first-order valence-corrected chi connectivity index (χ1v) is 11.8. The van der Waals surface area contributed by atoms with Gasteiger partial charge in [0.25, 0.3) is 5.91 Å². The number of anilines is 2. The van der Waals surface area contributed by atoms with Gasteiger partial charge >= 0.3 is 0 Å². The van der Waals surface area contributed by atoms with Crippen LogP contribution < -0.4 is 15.0 Å². The molecule has 0 unspecified atom stereocenters. The molecular weight excluding hydrogens is 468 g/mol. The smallest absolute Gasteiger partial charge is 0.253 e. The van der Waals surface area contributed by atoms with Crippen molar-refractivity contribution in [2.24, 2.45) is 5.92 Å². The van der Waals surface area contributed by atoms with Crippen molar-refractivity contribution < 1.29 is 23.1 Å². The van der Waals surface area contributed by atoms with Gasteiger partial charge in [0.05, 0.1) is 5.92 Å². The number of carbonyl (C=O) groups excluding carboxylic acids is 2. The molecule has 10 heteroatoms. The van der Waals surface area contributed by atoms with E-state index < -0.39 is 11.6 Å². The minimum atomic E-state index is -1.03. The minimum absolute atomic E-state index is 0.0399. The minimum Gasteiger partial charge on any atom is -0.490 e. The van der Waals surface area contributed by atoms with Gasteiger partial charge in [0.2, 0.25) is 5.91 Å². The van der Waals surface area contributed by atoms with Gasteiger partial charge in [0.15, 0.2) is 17.5 Å². The number of halogens is 2. The van der Waals surface area contributed by atoms with E-state index in [0.717, 1.165) is 18.0 Å². The lowest BCUT2D eigenvalue weighted by molar-refractivity contribution is -0.120. The first-order chi connectivity index (χ1) is 17.5. The molecule has 0 aliphatic carbocycles. The molecule has 3 aromatic rings. The molecule has 0 radical (unpaired) electrons. The summed E-state index contributed by atoms with van der Waals surface area (Å²) < 4.78 is 32.6. The van der Waals surface area contributed by atoms with Crippen LogP contribution >= 0.6 is 0 Å². The fraction of sp³-hybridized carbons (Fsp3) is 0.308. The summed E-state index contributed by atoms with van der Waals surface area (Å²) in [5.41, 5.74) is 0.825. The van der Waals surface area contributed by atoms with Crippen molar-refractivity contribution >= 4 is 23.3 Å². The fourth-order valence-corrected chi connectivity index (χ4v) is 4.34. The number of likely N-dealkylation sites (tertiary alicyclic amines) is 1. The standard InChI is InChI=1S/C26H25F2N5O3/c27-22-8-3-17(14-23(22)28)26(35)32-12-9-21(10-13-32)36-20-6-4-19(5-7-20)30-25(34)18-15-33(16-18)24-2-1-11-29-31-24/h1-8,11,14,18,21H,9-10,12-13,15-16H2,(H,30,34). The van der Waals surface area contributed by atoms with Crippen LogP contribution in [0, 0.1) is 17.6 Å². The van der Waals surface area contributed by atoms with E-state index in [9.17, 15) is 18.4 Å². The number of carbonyl (C=O) groups is 2. The average Bonchev–Trinajstić information content (AvgIpc) is 2.87. The van der Waals surface area contributed by atoms with Gasteiger partial charge in [0, 0.05) is 56.5 Å². The molecule has 0 spiro atoms. The van der Waals surface area contributed by atoms with Crippen LogP contribution in [0.1, 0.15) is 23.2 Å². The Morgan fingerprint density at radius 1 is 0.972 bits per heavy atom. The zero-order valence-electron chi connectivity index (χ0n) is 19.4. The van der Waals surface area contributed by atoms with Crippen molar-refractivity contribution in [3.63, 3.8) is 0 Å². The number of aromatic nitrogens is 2. The SMILES string of the molecule is O=C(Nc1ccc(OC2CCN(C(=O)c3ccc(F)c(F)c3)CC2)cc1)C1CN(c2cccnn2)C1. The molecule has 1 N–H and O–H groups in total. The Balaban J connectivity index is 1.07. The molecular formula is C26H25F2N5O3. The number of nitrogens with one attached hydrogen (secondary N) is 1. The van der Waals surface area contributed by atoms with Gasteiger partial charge in [-0.15, -0.1) is 5.10 Å². The van der Waals surface area contributed by atoms with Crippen LogP contribution in [0.15, 0.2) is 60.8 Å². The summed E-state index contributed by atoms with van der Waals surface area (Å²) in [7, 11) is 0. The molecule has 1 aromatic heterocycles. The van der Waals surface area contributed by atoms with Crippen LogP contribution in [0.4, 0.5) is 20.3 Å². The highest BCUT2D eigenvalue weighted by Crippen LogP contribution is 2.25. The number of benzene rings is 2. The van der Waals surface area contributed by atoms with Crippen LogP contribution in [-0.2, 0) is 4.79 Å². The molecule has 2 fully saturated rings. The normalized spacial score (nSPS) is 16.4. The maximum absolute atomic E-state index is 13.5. The van der Waals surface area contributed by atoms with Gasteiger partial charge in [0.1, 0.15) is 11.9 Å². The molecule has 8 nitrogen and oxygen atoms in total. The van der Waals surface area contributed by atoms with Crippen LogP contribution in [0.2, 0.25) is 0 Å². The van der Waals surface area contributed by atoms with Gasteiger partial charge in [-0.3, -0.25) is 9.59 Å². The molecule has 5 rings (SSSR count). The summed E-state index contributed by atoms with van der Waals surface area (Å²) >= 11 is 0. The third kappa shape index (κ3) is 5.27. The summed E-state index contributed by atoms with van der Waals surface area (Å²) in [6.07, 6.45) is 2.79. The number of rotatable bonds is 6. The van der Waals surface area contributed by atoms with Gasteiger partial charge in [-0.2, -0.15) is 5.10 Å². The Morgan fingerprint density at radius 3 is 2.39 bits per heavy atom. The zero-order valence-corrected chi connectivity index (χ0v) is 19.4. The number of amides is 2. The van der Waals surface area contributed by atoms with Crippen molar-refractivity contribution in [1.82, 2.24) is 15.1 Å². The number of hydrogen-bond donors (Lipinski definition) is 1. The lowest BCUT2D eigenvalue weighted by Crippen LogP contribution is -2.52. The highest BCUT2D eigenvalue weighted by atomic mass is 19.2. The number of hydrogen-bond acceptors (Lipinski definition) is 6. The Labute approximate surface area is 206 Å². The second-order valence-electron chi connectivity index (χ2n) is 8.94. The highest BCUT2D eigenvalue weighted by Gasteiger charge is 2.33. The molecule has 2 saturated heterocycles. The van der Waals surface area contributed by atoms with E-state index >= 15 is 0 Å². The molecule has 0 saturated carbocycles. The van der Waals surface area contributed by atoms with Crippen molar-refractivity contribution in [3.8, 4) is 5.75 Å². The van der Waals surface area contributed by atoms with Gasteiger partial charge < -0.3 is 19.9 Å². The van der Waals surface area contributed by atoms with Crippen molar-refractivity contribution in [3.05, 3.63) is 78.0 Å². The Bertz CT molecular complexity index is 1230. The molecule has 2 aromatic carbocycles. The molecule has 2 aliphatic heterocycles. The van der Waals surface area contributed by atoms with Crippen LogP contribution in [-0.4, -0.2) is 59.2 Å². The molecule has 186 valence electrons. The number of piperidine rings is 1. The summed E-state index contributed by atoms with van der Waals surface area (Å²) in [6.45, 7) is 2.12. The van der Waals surface area contributed by atoms with Crippen molar-refractivity contribution in [1.29, 1.82) is 0 Å². The Hall–Kier alpha value is -4.08. The predicted octanol–water partition coefficient (Wildman–Crippen LogP) is 3.51. The summed E-state index contributed by atoms with van der Waals surface area (Å²) in [5.74, 6) is -1.03. The summed E-state index contributed by atoms with van der Waals surface area (Å²) in [4.78, 5) is 28.7. The van der Waals surface area contributed by atoms with Crippen LogP contribution in [0.5, 0.6) is 5.75 Å². The monoisotopic (exact) mass is 493 g/mol. The van der Waals surface area contributed by atoms with Crippen LogP contribution in [0.3, 0.4) is 0 Å². The average molecular weight is 494 g/mol. The van der Waals surface area contributed by atoms with Crippen molar-refractivity contribution in [2.75, 3.05) is 36.4 Å². The van der Waals surface area contributed by atoms with E-state index in [1.165, 1.54) is 6.07 Å². The predicted molar refractivity (Wildman–Crippen MR) is 129 cm³/mol.